The van der Waals surface area contributed by atoms with Crippen LogP contribution in [0.25, 0.3) is 16.3 Å². The molecule has 0 amide bonds. The summed E-state index contributed by atoms with van der Waals surface area (Å²) in [5, 5.41) is 10.4. The minimum atomic E-state index is -0.210. The first kappa shape index (κ1) is 22.3. The van der Waals surface area contributed by atoms with Gasteiger partial charge in [-0.25, -0.2) is 0 Å². The number of allylic oxidation sites excluding steroid dienone is 1. The van der Waals surface area contributed by atoms with Crippen LogP contribution in [0.2, 0.25) is 0 Å². The summed E-state index contributed by atoms with van der Waals surface area (Å²) >= 11 is 7.41. The number of nitrogens with zero attached hydrogens (tertiary/aromatic N) is 3. The summed E-state index contributed by atoms with van der Waals surface area (Å²) in [5.74, 6) is 1.88. The largest absolute Gasteiger partial charge is 0.496 e. The molecule has 0 bridgehead atoms. The normalized spacial score (nSPS) is 16.0. The highest BCUT2D eigenvalue weighted by Gasteiger charge is 2.34. The maximum Gasteiger partial charge on any atom is 0.258 e. The SMILES string of the molecule is COc1ccccc1CN1C(=S)NC(c2ccc(C)cc2)C(c2nc(-c3cccs3)no2)=C1C. The van der Waals surface area contributed by atoms with Gasteiger partial charge in [-0.1, -0.05) is 59.3 Å². The third-order valence-corrected chi connectivity index (χ3v) is 7.13. The van der Waals surface area contributed by atoms with Crippen LogP contribution < -0.4 is 10.1 Å². The number of hydrogen-bond acceptors (Lipinski definition) is 6. The Kier molecular flexibility index (Phi) is 6.17. The zero-order valence-corrected chi connectivity index (χ0v) is 20.7. The number of benzene rings is 2. The lowest BCUT2D eigenvalue weighted by atomic mass is 9.94. The lowest BCUT2D eigenvalue weighted by Crippen LogP contribution is -2.45. The number of thiophene rings is 1. The fraction of sp³-hybridized carbons (Fsp3) is 0.192. The predicted molar refractivity (Wildman–Crippen MR) is 138 cm³/mol. The van der Waals surface area contributed by atoms with Crippen LogP contribution >= 0.6 is 23.6 Å². The van der Waals surface area contributed by atoms with Gasteiger partial charge < -0.3 is 19.5 Å². The van der Waals surface area contributed by atoms with Gasteiger partial charge >= 0.3 is 0 Å². The van der Waals surface area contributed by atoms with Gasteiger partial charge in [-0.3, -0.25) is 0 Å². The van der Waals surface area contributed by atoms with Crippen LogP contribution in [-0.4, -0.2) is 27.3 Å². The molecule has 2 aromatic heterocycles. The quantitative estimate of drug-likeness (QED) is 0.335. The number of hydrogen-bond donors (Lipinski definition) is 1. The van der Waals surface area contributed by atoms with Crippen molar-refractivity contribution in [3.8, 4) is 16.5 Å². The van der Waals surface area contributed by atoms with Crippen LogP contribution in [0.4, 0.5) is 0 Å². The Morgan fingerprint density at radius 2 is 1.88 bits per heavy atom. The van der Waals surface area contributed by atoms with E-state index in [4.69, 9.17) is 26.5 Å². The van der Waals surface area contributed by atoms with Gasteiger partial charge in [0, 0.05) is 11.3 Å². The van der Waals surface area contributed by atoms with Gasteiger partial charge in [-0.05, 0) is 49.1 Å². The summed E-state index contributed by atoms with van der Waals surface area (Å²) in [7, 11) is 1.68. The van der Waals surface area contributed by atoms with Crippen molar-refractivity contribution in [3.63, 3.8) is 0 Å². The molecule has 1 aliphatic rings. The van der Waals surface area contributed by atoms with Crippen molar-refractivity contribution in [2.75, 3.05) is 7.11 Å². The van der Waals surface area contributed by atoms with Crippen LogP contribution in [0.1, 0.15) is 35.5 Å². The number of rotatable bonds is 6. The summed E-state index contributed by atoms with van der Waals surface area (Å²) in [5.41, 5.74) is 5.17. The molecular formula is C26H24N4O2S2. The Balaban J connectivity index is 1.60. The first-order chi connectivity index (χ1) is 16.5. The number of thiocarbonyl (C=S) groups is 1. The number of nitrogens with one attached hydrogen (secondary N) is 1. The van der Waals surface area contributed by atoms with E-state index in [9.17, 15) is 0 Å². The van der Waals surface area contributed by atoms with Crippen molar-refractivity contribution in [2.45, 2.75) is 26.4 Å². The first-order valence-corrected chi connectivity index (χ1v) is 12.2. The van der Waals surface area contributed by atoms with Gasteiger partial charge in [0.05, 0.1) is 30.1 Å². The maximum atomic E-state index is 5.83. The summed E-state index contributed by atoms with van der Waals surface area (Å²) in [4.78, 5) is 7.78. The third kappa shape index (κ3) is 4.22. The fourth-order valence-corrected chi connectivity index (χ4v) is 5.07. The van der Waals surface area contributed by atoms with E-state index in [1.54, 1.807) is 18.4 Å². The molecule has 4 aromatic rings. The number of ether oxygens (including phenoxy) is 1. The highest BCUT2D eigenvalue weighted by atomic mass is 32.1. The molecule has 5 rings (SSSR count). The van der Waals surface area contributed by atoms with Crippen molar-refractivity contribution in [3.05, 3.63) is 94.3 Å². The molecule has 0 saturated heterocycles. The molecule has 1 N–H and O–H groups in total. The molecule has 6 nitrogen and oxygen atoms in total. The molecule has 1 aliphatic heterocycles. The second kappa shape index (κ2) is 9.40. The highest BCUT2D eigenvalue weighted by Crippen LogP contribution is 2.38. The zero-order chi connectivity index (χ0) is 23.7. The van der Waals surface area contributed by atoms with E-state index < -0.39 is 0 Å². The first-order valence-electron chi connectivity index (χ1n) is 10.9. The number of para-hydroxylation sites is 1. The van der Waals surface area contributed by atoms with E-state index in [1.165, 1.54) is 5.56 Å². The fourth-order valence-electron chi connectivity index (χ4n) is 4.10. The number of aryl methyl sites for hydroxylation is 1. The van der Waals surface area contributed by atoms with Gasteiger partial charge in [-0.15, -0.1) is 11.3 Å². The van der Waals surface area contributed by atoms with Crippen LogP contribution in [0.15, 0.2) is 76.3 Å². The molecule has 3 heterocycles. The molecule has 0 aliphatic carbocycles. The Hall–Kier alpha value is -3.49. The van der Waals surface area contributed by atoms with Crippen molar-refractivity contribution < 1.29 is 9.26 Å². The molecule has 0 spiro atoms. The van der Waals surface area contributed by atoms with E-state index in [1.807, 2.05) is 48.7 Å². The molecular weight excluding hydrogens is 464 g/mol. The van der Waals surface area contributed by atoms with E-state index in [2.05, 4.69) is 46.6 Å². The minimum Gasteiger partial charge on any atom is -0.496 e. The van der Waals surface area contributed by atoms with Gasteiger partial charge in [0.2, 0.25) is 5.82 Å². The van der Waals surface area contributed by atoms with Crippen molar-refractivity contribution in [1.82, 2.24) is 20.4 Å². The van der Waals surface area contributed by atoms with Crippen molar-refractivity contribution in [2.24, 2.45) is 0 Å². The standard InChI is InChI=1S/C26H24N4O2S2/c1-16-10-12-18(13-11-16)23-22(25-28-24(29-32-25)21-9-6-14-34-21)17(2)30(26(33)27-23)15-19-7-4-5-8-20(19)31-3/h4-14,23H,15H2,1-3H3,(H,27,33). The Morgan fingerprint density at radius 1 is 1.09 bits per heavy atom. The van der Waals surface area contributed by atoms with Gasteiger partial charge in [0.25, 0.3) is 5.89 Å². The molecule has 0 saturated carbocycles. The summed E-state index contributed by atoms with van der Waals surface area (Å²) in [6, 6.07) is 20.1. The Labute approximate surface area is 207 Å². The zero-order valence-electron chi connectivity index (χ0n) is 19.1. The maximum absolute atomic E-state index is 5.83. The van der Waals surface area contributed by atoms with Gasteiger partial charge in [0.1, 0.15) is 5.75 Å². The van der Waals surface area contributed by atoms with E-state index >= 15 is 0 Å². The van der Waals surface area contributed by atoms with Crippen LogP contribution in [0.3, 0.4) is 0 Å². The van der Waals surface area contributed by atoms with Gasteiger partial charge in [-0.2, -0.15) is 4.98 Å². The topological polar surface area (TPSA) is 63.4 Å². The van der Waals surface area contributed by atoms with E-state index in [0.717, 1.165) is 33.0 Å². The highest BCUT2D eigenvalue weighted by molar-refractivity contribution is 7.80. The second-order valence-corrected chi connectivity index (χ2v) is 9.43. The molecule has 2 aromatic carbocycles. The summed E-state index contributed by atoms with van der Waals surface area (Å²) in [6.07, 6.45) is 0. The number of aromatic nitrogens is 2. The van der Waals surface area contributed by atoms with Crippen LogP contribution in [0, 0.1) is 6.92 Å². The lowest BCUT2D eigenvalue weighted by molar-refractivity contribution is 0.387. The molecule has 8 heteroatoms. The van der Waals surface area contributed by atoms with Crippen LogP contribution in [0.5, 0.6) is 5.75 Å². The molecule has 1 unspecified atom stereocenters. The minimum absolute atomic E-state index is 0.210. The average molecular weight is 489 g/mol. The van der Waals surface area contributed by atoms with Crippen molar-refractivity contribution in [1.29, 1.82) is 0 Å². The monoisotopic (exact) mass is 488 g/mol. The van der Waals surface area contributed by atoms with E-state index in [-0.39, 0.29) is 6.04 Å². The van der Waals surface area contributed by atoms with Gasteiger partial charge in [0.15, 0.2) is 5.11 Å². The number of methoxy groups -OCH3 is 1. The lowest BCUT2D eigenvalue weighted by Gasteiger charge is -2.37. The second-order valence-electron chi connectivity index (χ2n) is 8.09. The Bertz CT molecular complexity index is 1340. The molecule has 0 radical (unpaired) electrons. The third-order valence-electron chi connectivity index (χ3n) is 5.93. The smallest absolute Gasteiger partial charge is 0.258 e. The Morgan fingerprint density at radius 3 is 2.62 bits per heavy atom. The molecule has 0 fully saturated rings. The molecule has 1 atom stereocenters. The van der Waals surface area contributed by atoms with Crippen LogP contribution in [-0.2, 0) is 6.54 Å². The molecule has 172 valence electrons. The summed E-state index contributed by atoms with van der Waals surface area (Å²) in [6.45, 7) is 4.68. The predicted octanol–water partition coefficient (Wildman–Crippen LogP) is 5.98. The van der Waals surface area contributed by atoms with Crippen molar-refractivity contribution >= 4 is 34.2 Å². The average Bonchev–Trinajstić information content (AvgIpc) is 3.54. The summed E-state index contributed by atoms with van der Waals surface area (Å²) < 4.78 is 11.4. The molecule has 34 heavy (non-hydrogen) atoms. The van der Waals surface area contributed by atoms with E-state index in [0.29, 0.717) is 23.4 Å².